The lowest BCUT2D eigenvalue weighted by Crippen LogP contribution is -2.47. The number of nitrogens with one attached hydrogen (secondary N) is 1. The van der Waals surface area contributed by atoms with Gasteiger partial charge in [0, 0.05) is 42.6 Å². The molecule has 2 aromatic heterocycles. The lowest BCUT2D eigenvalue weighted by molar-refractivity contribution is 0.0948. The largest absolute Gasteiger partial charge is 0.309 e. The highest BCUT2D eigenvalue weighted by Gasteiger charge is 2.25. The van der Waals surface area contributed by atoms with Crippen molar-refractivity contribution in [1.29, 1.82) is 0 Å². The number of aryl methyl sites for hydroxylation is 2. The molecule has 1 saturated heterocycles. The van der Waals surface area contributed by atoms with Gasteiger partial charge in [-0.25, -0.2) is 9.37 Å². The average Bonchev–Trinajstić information content (AvgIpc) is 2.98. The second-order valence-corrected chi connectivity index (χ2v) is 9.25. The molecule has 1 aliphatic heterocycles. The Labute approximate surface area is 178 Å². The minimum Gasteiger partial charge on any atom is -0.309 e. The summed E-state index contributed by atoms with van der Waals surface area (Å²) in [4.78, 5) is 26.9. The number of nitrogens with zero attached hydrogens (tertiary/aromatic N) is 3. The molecule has 3 aromatic rings. The number of rotatable bonds is 4. The fourth-order valence-corrected chi connectivity index (χ4v) is 5.11. The molecule has 1 N–H and O–H groups in total. The summed E-state index contributed by atoms with van der Waals surface area (Å²) in [6, 6.07) is 4.60. The predicted octanol–water partition coefficient (Wildman–Crippen LogP) is 4.27. The molecule has 3 heterocycles. The summed E-state index contributed by atoms with van der Waals surface area (Å²) in [5.41, 5.74) is 1.91. The minimum atomic E-state index is -0.313. The van der Waals surface area contributed by atoms with Crippen LogP contribution in [0.3, 0.4) is 0 Å². The monoisotopic (exact) mass is 434 g/mol. The summed E-state index contributed by atoms with van der Waals surface area (Å²) in [6.07, 6.45) is 0. The third-order valence-electron chi connectivity index (χ3n) is 5.82. The Bertz CT molecular complexity index is 1100. The Morgan fingerprint density at radius 2 is 2.00 bits per heavy atom. The van der Waals surface area contributed by atoms with Crippen LogP contribution in [-0.4, -0.2) is 45.9 Å². The van der Waals surface area contributed by atoms with Gasteiger partial charge in [0.15, 0.2) is 0 Å². The molecule has 29 heavy (non-hydrogen) atoms. The zero-order chi connectivity index (χ0) is 20.7. The molecule has 154 valence electrons. The van der Waals surface area contributed by atoms with E-state index in [4.69, 9.17) is 16.6 Å². The van der Waals surface area contributed by atoms with Crippen LogP contribution in [0.1, 0.15) is 34.8 Å². The summed E-state index contributed by atoms with van der Waals surface area (Å²) in [7, 11) is 0. The molecule has 1 fully saturated rings. The molecule has 1 atom stereocenters. The van der Waals surface area contributed by atoms with Gasteiger partial charge in [-0.1, -0.05) is 17.7 Å². The maximum Gasteiger partial charge on any atom is 0.259 e. The van der Waals surface area contributed by atoms with Crippen LogP contribution >= 0.6 is 22.9 Å². The number of halogens is 2. The second kappa shape index (κ2) is 8.14. The molecule has 0 aliphatic carbocycles. The van der Waals surface area contributed by atoms with Crippen LogP contribution in [0.5, 0.6) is 0 Å². The lowest BCUT2D eigenvalue weighted by Gasteiger charge is -2.37. The normalized spacial score (nSPS) is 17.1. The van der Waals surface area contributed by atoms with Crippen molar-refractivity contribution >= 4 is 33.2 Å². The van der Waals surface area contributed by atoms with Gasteiger partial charge >= 0.3 is 0 Å². The lowest BCUT2D eigenvalue weighted by atomic mass is 10.1. The first-order chi connectivity index (χ1) is 13.8. The quantitative estimate of drug-likeness (QED) is 0.666. The third kappa shape index (κ3) is 4.10. The Balaban J connectivity index is 1.44. The molecule has 0 radical (unpaired) electrons. The Morgan fingerprint density at radius 3 is 2.69 bits per heavy atom. The van der Waals surface area contributed by atoms with Crippen molar-refractivity contribution in [2.45, 2.75) is 33.4 Å². The van der Waals surface area contributed by atoms with E-state index < -0.39 is 0 Å². The number of benzene rings is 1. The van der Waals surface area contributed by atoms with E-state index in [0.717, 1.165) is 52.8 Å². The van der Waals surface area contributed by atoms with E-state index in [2.05, 4.69) is 21.7 Å². The van der Waals surface area contributed by atoms with Gasteiger partial charge in [-0.2, -0.15) is 0 Å². The van der Waals surface area contributed by atoms with Crippen LogP contribution in [0.25, 0.3) is 10.2 Å². The number of fused-ring (bicyclic) bond motifs is 1. The number of hydrogen-bond acceptors (Lipinski definition) is 5. The van der Waals surface area contributed by atoms with Crippen molar-refractivity contribution < 1.29 is 4.39 Å². The molecular formula is C21H24ClFN4OS. The summed E-state index contributed by atoms with van der Waals surface area (Å²) < 4.78 is 13.2. The molecule has 0 bridgehead atoms. The molecule has 0 amide bonds. The highest BCUT2D eigenvalue weighted by molar-refractivity contribution is 7.18. The minimum absolute atomic E-state index is 0.0337. The van der Waals surface area contributed by atoms with Crippen LogP contribution in [0.15, 0.2) is 23.0 Å². The molecule has 0 spiro atoms. The van der Waals surface area contributed by atoms with Crippen molar-refractivity contribution in [1.82, 2.24) is 19.8 Å². The van der Waals surface area contributed by atoms with Gasteiger partial charge in [0.25, 0.3) is 5.56 Å². The van der Waals surface area contributed by atoms with E-state index in [-0.39, 0.29) is 17.4 Å². The number of aromatic nitrogens is 2. The molecule has 1 unspecified atom stereocenters. The standard InChI is InChI=1S/C21H24ClFN4OS/c1-12-14(3)29-21-18(12)20(28)24-19(25-21)13(2)27-8-6-26(7-9-27)11-15-4-5-16(23)10-17(15)22/h4-5,10,13H,6-9,11H2,1-3H3,(H,24,25,28). The number of piperazine rings is 1. The summed E-state index contributed by atoms with van der Waals surface area (Å²) in [6.45, 7) is 10.3. The van der Waals surface area contributed by atoms with E-state index in [1.54, 1.807) is 17.4 Å². The fourth-order valence-electron chi connectivity index (χ4n) is 3.84. The number of hydrogen-bond donors (Lipinski definition) is 1. The Morgan fingerprint density at radius 1 is 1.28 bits per heavy atom. The van der Waals surface area contributed by atoms with E-state index in [1.165, 1.54) is 12.1 Å². The fraction of sp³-hybridized carbons (Fsp3) is 0.429. The predicted molar refractivity (Wildman–Crippen MR) is 116 cm³/mol. The summed E-state index contributed by atoms with van der Waals surface area (Å²) in [5, 5.41) is 1.18. The summed E-state index contributed by atoms with van der Waals surface area (Å²) >= 11 is 7.74. The third-order valence-corrected chi connectivity index (χ3v) is 7.27. The van der Waals surface area contributed by atoms with Gasteiger partial charge in [0.1, 0.15) is 16.5 Å². The average molecular weight is 435 g/mol. The van der Waals surface area contributed by atoms with Gasteiger partial charge in [-0.3, -0.25) is 14.6 Å². The molecule has 1 aliphatic rings. The number of H-pyrrole nitrogens is 1. The van der Waals surface area contributed by atoms with Crippen LogP contribution in [-0.2, 0) is 6.54 Å². The molecular weight excluding hydrogens is 411 g/mol. The van der Waals surface area contributed by atoms with Crippen LogP contribution in [0, 0.1) is 19.7 Å². The van der Waals surface area contributed by atoms with E-state index in [1.807, 2.05) is 13.8 Å². The second-order valence-electron chi connectivity index (χ2n) is 7.64. The first kappa shape index (κ1) is 20.5. The smallest absolute Gasteiger partial charge is 0.259 e. The van der Waals surface area contributed by atoms with Crippen LogP contribution in [0.2, 0.25) is 5.02 Å². The Hall–Kier alpha value is -1.80. The molecule has 4 rings (SSSR count). The van der Waals surface area contributed by atoms with Gasteiger partial charge < -0.3 is 4.98 Å². The van der Waals surface area contributed by atoms with Crippen molar-refractivity contribution in [3.63, 3.8) is 0 Å². The topological polar surface area (TPSA) is 52.2 Å². The maximum atomic E-state index is 13.2. The van der Waals surface area contributed by atoms with Crippen LogP contribution in [0.4, 0.5) is 4.39 Å². The zero-order valence-electron chi connectivity index (χ0n) is 16.8. The molecule has 8 heteroatoms. The van der Waals surface area contributed by atoms with Crippen molar-refractivity contribution in [3.05, 3.63) is 61.2 Å². The first-order valence-corrected chi connectivity index (χ1v) is 10.9. The molecule has 5 nitrogen and oxygen atoms in total. The van der Waals surface area contributed by atoms with Crippen molar-refractivity contribution in [2.24, 2.45) is 0 Å². The van der Waals surface area contributed by atoms with Gasteiger partial charge in [0.05, 0.1) is 11.4 Å². The SMILES string of the molecule is Cc1sc2nc(C(C)N3CCN(Cc4ccc(F)cc4Cl)CC3)[nH]c(=O)c2c1C. The van der Waals surface area contributed by atoms with Gasteiger partial charge in [0.2, 0.25) is 0 Å². The number of aromatic amines is 1. The number of thiophene rings is 1. The van der Waals surface area contributed by atoms with E-state index in [0.29, 0.717) is 17.0 Å². The maximum absolute atomic E-state index is 13.2. The van der Waals surface area contributed by atoms with Crippen molar-refractivity contribution in [2.75, 3.05) is 26.2 Å². The van der Waals surface area contributed by atoms with Gasteiger partial charge in [-0.15, -0.1) is 11.3 Å². The molecule has 0 saturated carbocycles. The molecule has 1 aromatic carbocycles. The van der Waals surface area contributed by atoms with E-state index in [9.17, 15) is 9.18 Å². The summed E-state index contributed by atoms with van der Waals surface area (Å²) in [5.74, 6) is 0.408. The Kier molecular flexibility index (Phi) is 5.75. The first-order valence-electron chi connectivity index (χ1n) is 9.73. The van der Waals surface area contributed by atoms with E-state index >= 15 is 0 Å². The van der Waals surface area contributed by atoms with Gasteiger partial charge in [-0.05, 0) is 44.0 Å². The zero-order valence-corrected chi connectivity index (χ0v) is 18.3. The van der Waals surface area contributed by atoms with Crippen LogP contribution < -0.4 is 5.56 Å². The van der Waals surface area contributed by atoms with Crippen molar-refractivity contribution in [3.8, 4) is 0 Å². The highest BCUT2D eigenvalue weighted by atomic mass is 35.5. The highest BCUT2D eigenvalue weighted by Crippen LogP contribution is 2.28.